The van der Waals surface area contributed by atoms with Crippen LogP contribution in [0.5, 0.6) is 0 Å². The topological polar surface area (TPSA) is 61.2 Å². The normalized spacial score (nSPS) is 19.4. The molecule has 3 aromatic rings. The van der Waals surface area contributed by atoms with E-state index in [2.05, 4.69) is 24.9 Å². The van der Waals surface area contributed by atoms with E-state index in [0.29, 0.717) is 16.1 Å². The molecule has 1 saturated carbocycles. The third-order valence-corrected chi connectivity index (χ3v) is 6.68. The number of hydrogen-bond donors (Lipinski definition) is 0. The molecule has 0 bridgehead atoms. The van der Waals surface area contributed by atoms with Crippen LogP contribution in [-0.4, -0.2) is 21.6 Å². The van der Waals surface area contributed by atoms with E-state index in [1.165, 1.54) is 27.8 Å². The van der Waals surface area contributed by atoms with Gasteiger partial charge in [0.25, 0.3) is 5.56 Å². The Morgan fingerprint density at radius 1 is 1.21 bits per heavy atom. The molecule has 0 atom stereocenters. The van der Waals surface area contributed by atoms with E-state index < -0.39 is 0 Å². The molecule has 29 heavy (non-hydrogen) atoms. The van der Waals surface area contributed by atoms with Crippen molar-refractivity contribution in [3.05, 3.63) is 51.4 Å². The Morgan fingerprint density at radius 3 is 2.69 bits per heavy atom. The molecule has 0 amide bonds. The van der Waals surface area contributed by atoms with Crippen LogP contribution in [0.3, 0.4) is 0 Å². The van der Waals surface area contributed by atoms with Gasteiger partial charge in [-0.1, -0.05) is 30.7 Å². The standard InChI is InChI=1S/C23H26N2O3S/c1-14-4-7-17(8-5-14)28-20(26)11-25-13-24-22-21(23(25)27)19(12-29-22)18-9-6-15(2)10-16(18)3/h6,9-10,12-14,17H,4-5,7-8,11H2,1-3H3. The molecule has 0 unspecified atom stereocenters. The van der Waals surface area contributed by atoms with Gasteiger partial charge in [0.2, 0.25) is 0 Å². The number of aryl methyl sites for hydroxylation is 2. The maximum atomic E-state index is 13.2. The van der Waals surface area contributed by atoms with E-state index in [1.54, 1.807) is 0 Å². The SMILES string of the molecule is Cc1ccc(-c2csc3ncn(CC(=O)OC4CCC(C)CC4)c(=O)c23)c(C)c1. The summed E-state index contributed by atoms with van der Waals surface area (Å²) in [6.07, 6.45) is 5.40. The number of esters is 1. The molecular formula is C23H26N2O3S. The number of thiophene rings is 1. The molecule has 0 saturated heterocycles. The van der Waals surface area contributed by atoms with Crippen molar-refractivity contribution in [2.24, 2.45) is 5.92 Å². The van der Waals surface area contributed by atoms with Crippen molar-refractivity contribution >= 4 is 27.5 Å². The lowest BCUT2D eigenvalue weighted by atomic mass is 9.89. The van der Waals surface area contributed by atoms with Crippen molar-refractivity contribution in [3.63, 3.8) is 0 Å². The Balaban J connectivity index is 1.60. The molecule has 2 aromatic heterocycles. The summed E-state index contributed by atoms with van der Waals surface area (Å²) in [7, 11) is 0. The monoisotopic (exact) mass is 410 g/mol. The minimum Gasteiger partial charge on any atom is -0.461 e. The quantitative estimate of drug-likeness (QED) is 0.576. The molecule has 6 heteroatoms. The van der Waals surface area contributed by atoms with E-state index in [4.69, 9.17) is 4.74 Å². The highest BCUT2D eigenvalue weighted by atomic mass is 32.1. The fourth-order valence-corrected chi connectivity index (χ4v) is 5.00. The Morgan fingerprint density at radius 2 is 1.97 bits per heavy atom. The zero-order chi connectivity index (χ0) is 20.5. The first kappa shape index (κ1) is 19.8. The summed E-state index contributed by atoms with van der Waals surface area (Å²) < 4.78 is 6.99. The summed E-state index contributed by atoms with van der Waals surface area (Å²) in [5.41, 5.74) is 4.01. The van der Waals surface area contributed by atoms with E-state index in [-0.39, 0.29) is 24.2 Å². The minimum absolute atomic E-state index is 0.0296. The lowest BCUT2D eigenvalue weighted by Gasteiger charge is -2.26. The summed E-state index contributed by atoms with van der Waals surface area (Å²) in [5.74, 6) is 0.331. The highest BCUT2D eigenvalue weighted by Crippen LogP contribution is 2.33. The third kappa shape index (κ3) is 4.13. The van der Waals surface area contributed by atoms with Gasteiger partial charge in [-0.2, -0.15) is 0 Å². The maximum absolute atomic E-state index is 13.2. The van der Waals surface area contributed by atoms with Gasteiger partial charge in [0.05, 0.1) is 11.7 Å². The number of carbonyl (C=O) groups is 1. The lowest BCUT2D eigenvalue weighted by Crippen LogP contribution is -2.29. The second-order valence-corrected chi connectivity index (χ2v) is 9.06. The first-order chi connectivity index (χ1) is 13.9. The molecule has 152 valence electrons. The van der Waals surface area contributed by atoms with Crippen molar-refractivity contribution < 1.29 is 9.53 Å². The van der Waals surface area contributed by atoms with Crippen LogP contribution in [0.25, 0.3) is 21.3 Å². The zero-order valence-electron chi connectivity index (χ0n) is 17.1. The Hall–Kier alpha value is -2.47. The van der Waals surface area contributed by atoms with E-state index in [0.717, 1.165) is 42.4 Å². The third-order valence-electron chi connectivity index (χ3n) is 5.79. The van der Waals surface area contributed by atoms with Crippen LogP contribution in [-0.2, 0) is 16.1 Å². The molecule has 0 spiro atoms. The second kappa shape index (κ2) is 8.11. The molecular weight excluding hydrogens is 384 g/mol. The van der Waals surface area contributed by atoms with Crippen molar-refractivity contribution in [2.75, 3.05) is 0 Å². The van der Waals surface area contributed by atoms with E-state index in [9.17, 15) is 9.59 Å². The van der Waals surface area contributed by atoms with Crippen molar-refractivity contribution in [2.45, 2.75) is 59.1 Å². The van der Waals surface area contributed by atoms with Crippen molar-refractivity contribution in [1.82, 2.24) is 9.55 Å². The Kier molecular flexibility index (Phi) is 5.54. The van der Waals surface area contributed by atoms with Crippen LogP contribution < -0.4 is 5.56 Å². The van der Waals surface area contributed by atoms with Crippen molar-refractivity contribution in [1.29, 1.82) is 0 Å². The summed E-state index contributed by atoms with van der Waals surface area (Å²) in [6.45, 7) is 6.22. The number of nitrogens with zero attached hydrogens (tertiary/aromatic N) is 2. The average Bonchev–Trinajstić information content (AvgIpc) is 3.10. The largest absolute Gasteiger partial charge is 0.461 e. The van der Waals surface area contributed by atoms with Gasteiger partial charge in [-0.3, -0.25) is 14.2 Å². The fraction of sp³-hybridized carbons (Fsp3) is 0.435. The molecule has 4 rings (SSSR count). The minimum atomic E-state index is -0.365. The molecule has 5 nitrogen and oxygen atoms in total. The highest BCUT2D eigenvalue weighted by molar-refractivity contribution is 7.17. The lowest BCUT2D eigenvalue weighted by molar-refractivity contribution is -0.151. The zero-order valence-corrected chi connectivity index (χ0v) is 17.9. The number of ether oxygens (including phenoxy) is 1. The number of hydrogen-bond acceptors (Lipinski definition) is 5. The number of rotatable bonds is 4. The molecule has 1 aromatic carbocycles. The predicted molar refractivity (Wildman–Crippen MR) is 116 cm³/mol. The molecule has 2 heterocycles. The number of carbonyl (C=O) groups excluding carboxylic acids is 1. The van der Waals surface area contributed by atoms with Crippen LogP contribution >= 0.6 is 11.3 Å². The molecule has 0 N–H and O–H groups in total. The van der Waals surface area contributed by atoms with Crippen LogP contribution in [0.4, 0.5) is 0 Å². The van der Waals surface area contributed by atoms with Gasteiger partial charge in [-0.15, -0.1) is 11.3 Å². The molecule has 0 aliphatic heterocycles. The Bertz CT molecular complexity index is 1110. The van der Waals surface area contributed by atoms with E-state index >= 15 is 0 Å². The molecule has 1 aliphatic carbocycles. The van der Waals surface area contributed by atoms with Gasteiger partial charge < -0.3 is 4.74 Å². The first-order valence-electron chi connectivity index (χ1n) is 10.2. The van der Waals surface area contributed by atoms with Gasteiger partial charge in [0.15, 0.2) is 0 Å². The second-order valence-electron chi connectivity index (χ2n) is 8.20. The van der Waals surface area contributed by atoms with Gasteiger partial charge in [0, 0.05) is 10.9 Å². The molecule has 1 aliphatic rings. The first-order valence-corrected chi connectivity index (χ1v) is 11.0. The summed E-state index contributed by atoms with van der Waals surface area (Å²) >= 11 is 1.45. The van der Waals surface area contributed by atoms with Crippen LogP contribution in [0.2, 0.25) is 0 Å². The van der Waals surface area contributed by atoms with Crippen LogP contribution in [0.15, 0.2) is 34.7 Å². The summed E-state index contributed by atoms with van der Waals surface area (Å²) in [5, 5.41) is 2.55. The van der Waals surface area contributed by atoms with Gasteiger partial charge >= 0.3 is 5.97 Å². The summed E-state index contributed by atoms with van der Waals surface area (Å²) in [4.78, 5) is 30.7. The highest BCUT2D eigenvalue weighted by Gasteiger charge is 2.22. The van der Waals surface area contributed by atoms with Gasteiger partial charge in [0.1, 0.15) is 17.5 Å². The van der Waals surface area contributed by atoms with Crippen LogP contribution in [0, 0.1) is 19.8 Å². The average molecular weight is 411 g/mol. The number of aromatic nitrogens is 2. The molecule has 0 radical (unpaired) electrons. The number of fused-ring (bicyclic) bond motifs is 1. The summed E-state index contributed by atoms with van der Waals surface area (Å²) in [6, 6.07) is 6.19. The van der Waals surface area contributed by atoms with Gasteiger partial charge in [-0.25, -0.2) is 4.98 Å². The smallest absolute Gasteiger partial charge is 0.326 e. The predicted octanol–water partition coefficient (Wildman–Crippen LogP) is 4.86. The Labute approximate surface area is 174 Å². The van der Waals surface area contributed by atoms with E-state index in [1.807, 2.05) is 24.4 Å². The number of benzene rings is 1. The molecule has 1 fully saturated rings. The maximum Gasteiger partial charge on any atom is 0.326 e. The van der Waals surface area contributed by atoms with Crippen LogP contribution in [0.1, 0.15) is 43.7 Å². The van der Waals surface area contributed by atoms with Gasteiger partial charge in [-0.05, 0) is 56.6 Å². The van der Waals surface area contributed by atoms with Crippen molar-refractivity contribution in [3.8, 4) is 11.1 Å². The fourth-order valence-electron chi connectivity index (χ4n) is 4.10.